The van der Waals surface area contributed by atoms with E-state index in [1.165, 1.54) is 29.8 Å². The first-order valence-corrected chi connectivity index (χ1v) is 8.17. The normalized spacial score (nSPS) is 17.1. The van der Waals surface area contributed by atoms with Gasteiger partial charge in [-0.25, -0.2) is 4.98 Å². The standard InChI is InChI=1S/C18H25N3/c1-3-11-21-12-10-20-18(21)13-14-6-5-7-16-15(14)8-9-17(16)19-4-2/h5-7,10,12,17,19H,3-4,8-9,11,13H2,1-2H3. The molecule has 1 aromatic carbocycles. The lowest BCUT2D eigenvalue weighted by Gasteiger charge is -2.14. The minimum atomic E-state index is 0.542. The fourth-order valence-corrected chi connectivity index (χ4v) is 3.48. The lowest BCUT2D eigenvalue weighted by molar-refractivity contribution is 0.549. The van der Waals surface area contributed by atoms with Gasteiger partial charge in [0.2, 0.25) is 0 Å². The predicted molar refractivity (Wildman–Crippen MR) is 86.5 cm³/mol. The van der Waals surface area contributed by atoms with Gasteiger partial charge in [-0.1, -0.05) is 32.0 Å². The van der Waals surface area contributed by atoms with Crippen LogP contribution in [0, 0.1) is 0 Å². The van der Waals surface area contributed by atoms with Gasteiger partial charge in [-0.05, 0) is 42.5 Å². The van der Waals surface area contributed by atoms with Gasteiger partial charge in [-0.3, -0.25) is 0 Å². The maximum Gasteiger partial charge on any atom is 0.113 e. The summed E-state index contributed by atoms with van der Waals surface area (Å²) in [4.78, 5) is 4.56. The second-order valence-corrected chi connectivity index (χ2v) is 5.85. The van der Waals surface area contributed by atoms with E-state index in [1.807, 2.05) is 6.20 Å². The first kappa shape index (κ1) is 14.3. The SMILES string of the molecule is CCCn1ccnc1Cc1cccc2c1CCC2NCC. The van der Waals surface area contributed by atoms with Crippen molar-refractivity contribution in [2.75, 3.05) is 6.54 Å². The number of imidazole rings is 1. The minimum Gasteiger partial charge on any atom is -0.335 e. The van der Waals surface area contributed by atoms with Crippen molar-refractivity contribution >= 4 is 0 Å². The van der Waals surface area contributed by atoms with Gasteiger partial charge >= 0.3 is 0 Å². The van der Waals surface area contributed by atoms with Crippen LogP contribution < -0.4 is 5.32 Å². The van der Waals surface area contributed by atoms with E-state index in [0.717, 1.165) is 25.9 Å². The Labute approximate surface area is 127 Å². The fourth-order valence-electron chi connectivity index (χ4n) is 3.48. The summed E-state index contributed by atoms with van der Waals surface area (Å²) < 4.78 is 2.29. The number of nitrogens with zero attached hydrogens (tertiary/aromatic N) is 2. The van der Waals surface area contributed by atoms with E-state index in [9.17, 15) is 0 Å². The molecule has 1 aromatic heterocycles. The molecule has 1 aliphatic carbocycles. The van der Waals surface area contributed by atoms with Crippen LogP contribution in [0.15, 0.2) is 30.6 Å². The molecule has 1 N–H and O–H groups in total. The van der Waals surface area contributed by atoms with Crippen LogP contribution in [0.5, 0.6) is 0 Å². The topological polar surface area (TPSA) is 29.9 Å². The van der Waals surface area contributed by atoms with Crippen molar-refractivity contribution in [3.63, 3.8) is 0 Å². The molecule has 1 atom stereocenters. The Morgan fingerprint density at radius 3 is 3.05 bits per heavy atom. The van der Waals surface area contributed by atoms with Crippen LogP contribution in [0.4, 0.5) is 0 Å². The van der Waals surface area contributed by atoms with Crippen LogP contribution in [0.1, 0.15) is 55.2 Å². The van der Waals surface area contributed by atoms with Crippen molar-refractivity contribution in [1.29, 1.82) is 0 Å². The van der Waals surface area contributed by atoms with Gasteiger partial charge in [0.25, 0.3) is 0 Å². The van der Waals surface area contributed by atoms with E-state index in [0.29, 0.717) is 6.04 Å². The minimum absolute atomic E-state index is 0.542. The second-order valence-electron chi connectivity index (χ2n) is 5.85. The molecule has 1 unspecified atom stereocenters. The van der Waals surface area contributed by atoms with Gasteiger partial charge < -0.3 is 9.88 Å². The summed E-state index contributed by atoms with van der Waals surface area (Å²) in [5.74, 6) is 1.19. The van der Waals surface area contributed by atoms with Crippen LogP contribution in [0.3, 0.4) is 0 Å². The largest absolute Gasteiger partial charge is 0.335 e. The first-order chi connectivity index (χ1) is 10.3. The Morgan fingerprint density at radius 2 is 2.24 bits per heavy atom. The van der Waals surface area contributed by atoms with Crippen LogP contribution >= 0.6 is 0 Å². The zero-order chi connectivity index (χ0) is 14.7. The van der Waals surface area contributed by atoms with E-state index >= 15 is 0 Å². The van der Waals surface area contributed by atoms with Crippen molar-refractivity contribution in [3.8, 4) is 0 Å². The molecule has 3 nitrogen and oxygen atoms in total. The molecule has 2 aromatic rings. The molecule has 1 heterocycles. The van der Waals surface area contributed by atoms with Gasteiger partial charge in [-0.15, -0.1) is 0 Å². The Morgan fingerprint density at radius 1 is 1.33 bits per heavy atom. The van der Waals surface area contributed by atoms with Crippen molar-refractivity contribution in [2.45, 2.75) is 52.1 Å². The van der Waals surface area contributed by atoms with Crippen LogP contribution in [0.2, 0.25) is 0 Å². The van der Waals surface area contributed by atoms with Gasteiger partial charge in [0.05, 0.1) is 0 Å². The van der Waals surface area contributed by atoms with Gasteiger partial charge in [0, 0.05) is 31.4 Å². The lowest BCUT2D eigenvalue weighted by Crippen LogP contribution is -2.18. The quantitative estimate of drug-likeness (QED) is 0.879. The second kappa shape index (κ2) is 6.44. The highest BCUT2D eigenvalue weighted by atomic mass is 15.1. The average molecular weight is 283 g/mol. The Hall–Kier alpha value is -1.61. The van der Waals surface area contributed by atoms with E-state index in [1.54, 1.807) is 5.56 Å². The summed E-state index contributed by atoms with van der Waals surface area (Å²) >= 11 is 0. The number of aromatic nitrogens is 2. The number of benzene rings is 1. The van der Waals surface area contributed by atoms with Gasteiger partial charge in [0.15, 0.2) is 0 Å². The van der Waals surface area contributed by atoms with Gasteiger partial charge in [0.1, 0.15) is 5.82 Å². The van der Waals surface area contributed by atoms with E-state index < -0.39 is 0 Å². The molecule has 21 heavy (non-hydrogen) atoms. The zero-order valence-corrected chi connectivity index (χ0v) is 13.1. The molecular formula is C18H25N3. The smallest absolute Gasteiger partial charge is 0.113 e. The molecule has 3 rings (SSSR count). The van der Waals surface area contributed by atoms with Gasteiger partial charge in [-0.2, -0.15) is 0 Å². The molecule has 0 bridgehead atoms. The van der Waals surface area contributed by atoms with Crippen molar-refractivity contribution in [3.05, 3.63) is 53.1 Å². The van der Waals surface area contributed by atoms with Crippen LogP contribution in [-0.2, 0) is 19.4 Å². The number of hydrogen-bond acceptors (Lipinski definition) is 2. The summed E-state index contributed by atoms with van der Waals surface area (Å²) in [7, 11) is 0. The molecule has 3 heteroatoms. The molecule has 0 saturated carbocycles. The van der Waals surface area contributed by atoms with Crippen molar-refractivity contribution in [2.24, 2.45) is 0 Å². The van der Waals surface area contributed by atoms with E-state index in [4.69, 9.17) is 0 Å². The molecule has 0 saturated heterocycles. The molecule has 112 valence electrons. The highest BCUT2D eigenvalue weighted by Gasteiger charge is 2.23. The molecule has 0 spiro atoms. The molecular weight excluding hydrogens is 258 g/mol. The summed E-state index contributed by atoms with van der Waals surface area (Å²) in [6, 6.07) is 7.31. The third-order valence-corrected chi connectivity index (χ3v) is 4.43. The summed E-state index contributed by atoms with van der Waals surface area (Å²) in [6.07, 6.45) is 8.55. The van der Waals surface area contributed by atoms with Crippen LogP contribution in [-0.4, -0.2) is 16.1 Å². The molecule has 1 aliphatic rings. The Bertz CT molecular complexity index is 600. The maximum atomic E-state index is 4.56. The number of rotatable bonds is 6. The number of nitrogens with one attached hydrogen (secondary N) is 1. The third kappa shape index (κ3) is 2.88. The number of fused-ring (bicyclic) bond motifs is 1. The highest BCUT2D eigenvalue weighted by Crippen LogP contribution is 2.33. The molecule has 0 amide bonds. The molecule has 0 aliphatic heterocycles. The summed E-state index contributed by atoms with van der Waals surface area (Å²) in [5, 5.41) is 3.60. The third-order valence-electron chi connectivity index (χ3n) is 4.43. The number of hydrogen-bond donors (Lipinski definition) is 1. The van der Waals surface area contributed by atoms with Crippen molar-refractivity contribution < 1.29 is 0 Å². The lowest BCUT2D eigenvalue weighted by atomic mass is 9.99. The zero-order valence-electron chi connectivity index (χ0n) is 13.1. The maximum absolute atomic E-state index is 4.56. The Kier molecular flexibility index (Phi) is 4.39. The first-order valence-electron chi connectivity index (χ1n) is 8.17. The highest BCUT2D eigenvalue weighted by molar-refractivity contribution is 5.42. The molecule has 0 fully saturated rings. The summed E-state index contributed by atoms with van der Waals surface area (Å²) in [5.41, 5.74) is 4.51. The summed E-state index contributed by atoms with van der Waals surface area (Å²) in [6.45, 7) is 6.49. The Balaban J connectivity index is 1.85. The van der Waals surface area contributed by atoms with E-state index in [-0.39, 0.29) is 0 Å². The predicted octanol–water partition coefficient (Wildman–Crippen LogP) is 3.48. The average Bonchev–Trinajstić information content (AvgIpc) is 3.09. The van der Waals surface area contributed by atoms with E-state index in [2.05, 4.69) is 53.1 Å². The molecule has 0 radical (unpaired) electrons. The fraction of sp³-hybridized carbons (Fsp3) is 0.500. The van der Waals surface area contributed by atoms with Crippen LogP contribution in [0.25, 0.3) is 0 Å². The number of aryl methyl sites for hydroxylation is 1. The monoisotopic (exact) mass is 283 g/mol. The van der Waals surface area contributed by atoms with Crippen molar-refractivity contribution in [1.82, 2.24) is 14.9 Å².